The van der Waals surface area contributed by atoms with Crippen molar-refractivity contribution in [1.82, 2.24) is 15.5 Å². The van der Waals surface area contributed by atoms with Gasteiger partial charge in [0.2, 0.25) is 5.91 Å². The molecule has 0 aromatic heterocycles. The van der Waals surface area contributed by atoms with Gasteiger partial charge in [0.1, 0.15) is 0 Å². The molecule has 0 unspecified atom stereocenters. The van der Waals surface area contributed by atoms with Gasteiger partial charge in [-0.05, 0) is 37.1 Å². The van der Waals surface area contributed by atoms with E-state index in [0.717, 1.165) is 30.6 Å². The van der Waals surface area contributed by atoms with E-state index in [1.165, 1.54) is 5.56 Å². The van der Waals surface area contributed by atoms with Crippen molar-refractivity contribution in [2.75, 3.05) is 26.7 Å². The molecule has 1 aromatic carbocycles. The van der Waals surface area contributed by atoms with Crippen LogP contribution < -0.4 is 10.6 Å². The molecule has 0 saturated carbocycles. The molecule has 0 atom stereocenters. The Morgan fingerprint density at radius 3 is 2.90 bits per heavy atom. The molecule has 2 amide bonds. The summed E-state index contributed by atoms with van der Waals surface area (Å²) in [5.74, 6) is -0.207. The van der Waals surface area contributed by atoms with Crippen molar-refractivity contribution < 1.29 is 9.59 Å². The molecule has 5 nitrogen and oxygen atoms in total. The van der Waals surface area contributed by atoms with Gasteiger partial charge in [0, 0.05) is 25.7 Å². The molecule has 0 radical (unpaired) electrons. The van der Waals surface area contributed by atoms with E-state index in [1.807, 2.05) is 25.1 Å². The monoisotopic (exact) mass is 275 g/mol. The molecule has 2 N–H and O–H groups in total. The van der Waals surface area contributed by atoms with E-state index in [4.69, 9.17) is 0 Å². The first-order valence-electron chi connectivity index (χ1n) is 6.98. The lowest BCUT2D eigenvalue weighted by atomic mass is 9.95. The number of carbonyl (C=O) groups excluding carboxylic acids is 2. The lowest BCUT2D eigenvalue weighted by Gasteiger charge is -2.24. The maximum atomic E-state index is 12.6. The number of nitrogens with zero attached hydrogens (tertiary/aromatic N) is 1. The number of nitrogens with one attached hydrogen (secondary N) is 2. The molecule has 1 aliphatic heterocycles. The molecule has 1 aromatic rings. The summed E-state index contributed by atoms with van der Waals surface area (Å²) in [4.78, 5) is 25.7. The molecule has 2 rings (SSSR count). The smallest absolute Gasteiger partial charge is 0.254 e. The van der Waals surface area contributed by atoms with Crippen LogP contribution in [0.1, 0.15) is 28.4 Å². The Hall–Kier alpha value is -1.88. The van der Waals surface area contributed by atoms with Gasteiger partial charge in [0.25, 0.3) is 5.91 Å². The first-order valence-corrected chi connectivity index (χ1v) is 6.98. The third-order valence-corrected chi connectivity index (χ3v) is 3.65. The van der Waals surface area contributed by atoms with E-state index in [2.05, 4.69) is 10.6 Å². The van der Waals surface area contributed by atoms with Gasteiger partial charge in [-0.3, -0.25) is 9.59 Å². The average molecular weight is 275 g/mol. The van der Waals surface area contributed by atoms with Crippen molar-refractivity contribution in [3.8, 4) is 0 Å². The number of likely N-dealkylation sites (N-methyl/N-ethyl adjacent to an activating group) is 2. The Balaban J connectivity index is 2.25. The lowest BCUT2D eigenvalue weighted by molar-refractivity contribution is -0.121. The maximum absolute atomic E-state index is 12.6. The van der Waals surface area contributed by atoms with Gasteiger partial charge in [0.05, 0.1) is 6.54 Å². The van der Waals surface area contributed by atoms with Crippen LogP contribution in [0.3, 0.4) is 0 Å². The summed E-state index contributed by atoms with van der Waals surface area (Å²) in [5.41, 5.74) is 3.03. The normalized spacial score (nSPS) is 13.5. The standard InChI is InChI=1S/C15H21N3O2/c1-3-18(10-14(19)16-2)15(20)13-6-4-5-11-9-17-8-7-12(11)13/h4-6,17H,3,7-10H2,1-2H3,(H,16,19). The second-order valence-electron chi connectivity index (χ2n) is 4.86. The molecule has 0 fully saturated rings. The molecular formula is C15H21N3O2. The van der Waals surface area contributed by atoms with Crippen LogP contribution in [0.15, 0.2) is 18.2 Å². The van der Waals surface area contributed by atoms with Crippen LogP contribution in [-0.4, -0.2) is 43.4 Å². The van der Waals surface area contributed by atoms with Gasteiger partial charge >= 0.3 is 0 Å². The van der Waals surface area contributed by atoms with Crippen molar-refractivity contribution in [1.29, 1.82) is 0 Å². The zero-order valence-electron chi connectivity index (χ0n) is 12.0. The van der Waals surface area contributed by atoms with Crippen LogP contribution in [0, 0.1) is 0 Å². The number of hydrogen-bond donors (Lipinski definition) is 2. The summed E-state index contributed by atoms with van der Waals surface area (Å²) >= 11 is 0. The molecule has 0 spiro atoms. The number of fused-ring (bicyclic) bond motifs is 1. The lowest BCUT2D eigenvalue weighted by Crippen LogP contribution is -2.40. The van der Waals surface area contributed by atoms with Crippen LogP contribution in [0.25, 0.3) is 0 Å². The van der Waals surface area contributed by atoms with E-state index in [-0.39, 0.29) is 18.4 Å². The van der Waals surface area contributed by atoms with Crippen LogP contribution in [0.5, 0.6) is 0 Å². The molecule has 5 heteroatoms. The molecular weight excluding hydrogens is 254 g/mol. The van der Waals surface area contributed by atoms with Crippen molar-refractivity contribution >= 4 is 11.8 Å². The van der Waals surface area contributed by atoms with E-state index in [9.17, 15) is 9.59 Å². The van der Waals surface area contributed by atoms with Gasteiger partial charge in [-0.2, -0.15) is 0 Å². The highest BCUT2D eigenvalue weighted by Gasteiger charge is 2.22. The van der Waals surface area contributed by atoms with E-state index in [0.29, 0.717) is 6.54 Å². The second kappa shape index (κ2) is 6.52. The molecule has 20 heavy (non-hydrogen) atoms. The van der Waals surface area contributed by atoms with Crippen molar-refractivity contribution in [2.45, 2.75) is 19.9 Å². The molecule has 0 bridgehead atoms. The predicted octanol–water partition coefficient (Wildman–Crippen LogP) is 0.540. The third-order valence-electron chi connectivity index (χ3n) is 3.65. The van der Waals surface area contributed by atoms with Crippen LogP contribution in [0.2, 0.25) is 0 Å². The largest absolute Gasteiger partial charge is 0.358 e. The first-order chi connectivity index (χ1) is 9.67. The number of benzene rings is 1. The average Bonchev–Trinajstić information content (AvgIpc) is 2.51. The molecule has 1 aliphatic rings. The van der Waals surface area contributed by atoms with Gasteiger partial charge in [-0.1, -0.05) is 12.1 Å². The highest BCUT2D eigenvalue weighted by atomic mass is 16.2. The first kappa shape index (κ1) is 14.5. The summed E-state index contributed by atoms with van der Waals surface area (Å²) < 4.78 is 0. The fourth-order valence-corrected chi connectivity index (χ4v) is 2.48. The summed E-state index contributed by atoms with van der Waals surface area (Å²) in [5, 5.41) is 5.86. The number of hydrogen-bond acceptors (Lipinski definition) is 3. The molecule has 108 valence electrons. The number of rotatable bonds is 4. The van der Waals surface area contributed by atoms with Crippen molar-refractivity contribution in [3.63, 3.8) is 0 Å². The fraction of sp³-hybridized carbons (Fsp3) is 0.467. The summed E-state index contributed by atoms with van der Waals surface area (Å²) in [6, 6.07) is 5.82. The highest BCUT2D eigenvalue weighted by molar-refractivity contribution is 5.98. The van der Waals surface area contributed by atoms with E-state index in [1.54, 1.807) is 11.9 Å². The van der Waals surface area contributed by atoms with Gasteiger partial charge in [-0.15, -0.1) is 0 Å². The number of amides is 2. The summed E-state index contributed by atoms with van der Waals surface area (Å²) in [6.07, 6.45) is 0.856. The predicted molar refractivity (Wildman–Crippen MR) is 77.5 cm³/mol. The Morgan fingerprint density at radius 2 is 2.20 bits per heavy atom. The van der Waals surface area contributed by atoms with Crippen LogP contribution in [0.4, 0.5) is 0 Å². The molecule has 0 aliphatic carbocycles. The Labute approximate surface area is 119 Å². The molecule has 0 saturated heterocycles. The van der Waals surface area contributed by atoms with Crippen LogP contribution in [-0.2, 0) is 17.8 Å². The Bertz CT molecular complexity index is 514. The highest BCUT2D eigenvalue weighted by Crippen LogP contribution is 2.20. The zero-order valence-corrected chi connectivity index (χ0v) is 12.0. The minimum Gasteiger partial charge on any atom is -0.358 e. The summed E-state index contributed by atoms with van der Waals surface area (Å²) in [7, 11) is 1.58. The minimum atomic E-state index is -0.147. The van der Waals surface area contributed by atoms with Gasteiger partial charge in [-0.25, -0.2) is 0 Å². The Kier molecular flexibility index (Phi) is 4.74. The summed E-state index contributed by atoms with van der Waals surface area (Å²) in [6.45, 7) is 4.20. The Morgan fingerprint density at radius 1 is 1.40 bits per heavy atom. The van der Waals surface area contributed by atoms with Crippen molar-refractivity contribution in [2.24, 2.45) is 0 Å². The van der Waals surface area contributed by atoms with Gasteiger partial charge in [0.15, 0.2) is 0 Å². The fourth-order valence-electron chi connectivity index (χ4n) is 2.48. The van der Waals surface area contributed by atoms with Crippen LogP contribution >= 0.6 is 0 Å². The second-order valence-corrected chi connectivity index (χ2v) is 4.86. The minimum absolute atomic E-state index is 0.0603. The number of carbonyl (C=O) groups is 2. The zero-order chi connectivity index (χ0) is 14.5. The third kappa shape index (κ3) is 2.99. The van der Waals surface area contributed by atoms with Crippen molar-refractivity contribution in [3.05, 3.63) is 34.9 Å². The van der Waals surface area contributed by atoms with Gasteiger partial charge < -0.3 is 15.5 Å². The topological polar surface area (TPSA) is 61.4 Å². The quantitative estimate of drug-likeness (QED) is 0.843. The SMILES string of the molecule is CCN(CC(=O)NC)C(=O)c1cccc2c1CCNC2. The molecule has 1 heterocycles. The van der Waals surface area contributed by atoms with E-state index < -0.39 is 0 Å². The maximum Gasteiger partial charge on any atom is 0.254 e. The van der Waals surface area contributed by atoms with E-state index >= 15 is 0 Å².